The number of pyridine rings is 1. The van der Waals surface area contributed by atoms with Crippen molar-refractivity contribution in [1.29, 1.82) is 0 Å². The van der Waals surface area contributed by atoms with E-state index in [0.717, 1.165) is 52.2 Å². The highest BCUT2D eigenvalue weighted by Gasteiger charge is 2.46. The minimum Gasteiger partial charge on any atom is -0.379 e. The number of hydrogen-bond donors (Lipinski definition) is 1. The van der Waals surface area contributed by atoms with Gasteiger partial charge in [-0.2, -0.15) is 0 Å². The summed E-state index contributed by atoms with van der Waals surface area (Å²) in [5, 5.41) is 3.35. The predicted octanol–water partition coefficient (Wildman–Crippen LogP) is 1.98. The molecule has 27 heavy (non-hydrogen) atoms. The molecule has 1 aliphatic carbocycles. The van der Waals surface area contributed by atoms with Gasteiger partial charge in [0, 0.05) is 32.0 Å². The fourth-order valence-corrected chi connectivity index (χ4v) is 5.08. The molecular weight excluding hydrogens is 340 g/mol. The van der Waals surface area contributed by atoms with Crippen molar-refractivity contribution in [3.05, 3.63) is 30.1 Å². The first-order valence-electron chi connectivity index (χ1n) is 10.5. The van der Waals surface area contributed by atoms with Crippen molar-refractivity contribution in [2.45, 2.75) is 50.1 Å². The number of hydrogen-bond acceptors (Lipinski definition) is 5. The Morgan fingerprint density at radius 1 is 1.07 bits per heavy atom. The molecule has 4 rings (SSSR count). The monoisotopic (exact) mass is 372 g/mol. The molecule has 0 radical (unpaired) electrons. The Kier molecular flexibility index (Phi) is 6.05. The zero-order valence-electron chi connectivity index (χ0n) is 16.2. The number of amides is 1. The molecule has 2 aliphatic heterocycles. The van der Waals surface area contributed by atoms with Crippen molar-refractivity contribution in [2.75, 3.05) is 45.9 Å². The molecule has 1 unspecified atom stereocenters. The molecule has 0 aromatic carbocycles. The molecule has 6 heteroatoms. The number of rotatable bonds is 6. The lowest BCUT2D eigenvalue weighted by Gasteiger charge is -2.39. The highest BCUT2D eigenvalue weighted by Crippen LogP contribution is 2.37. The second-order valence-electron chi connectivity index (χ2n) is 8.09. The molecule has 1 saturated carbocycles. The lowest BCUT2D eigenvalue weighted by Crippen LogP contribution is -2.57. The van der Waals surface area contributed by atoms with E-state index in [-0.39, 0.29) is 17.5 Å². The molecular formula is C21H32N4O2. The first-order chi connectivity index (χ1) is 13.3. The molecule has 6 nitrogen and oxygen atoms in total. The molecule has 3 heterocycles. The number of aromatic nitrogens is 1. The molecule has 2 saturated heterocycles. The summed E-state index contributed by atoms with van der Waals surface area (Å²) >= 11 is 0. The van der Waals surface area contributed by atoms with Crippen LogP contribution in [0.2, 0.25) is 0 Å². The first kappa shape index (κ1) is 18.8. The van der Waals surface area contributed by atoms with E-state index in [1.165, 1.54) is 31.2 Å². The largest absolute Gasteiger partial charge is 0.379 e. The van der Waals surface area contributed by atoms with Crippen molar-refractivity contribution in [3.63, 3.8) is 0 Å². The summed E-state index contributed by atoms with van der Waals surface area (Å²) < 4.78 is 5.53. The van der Waals surface area contributed by atoms with Gasteiger partial charge in [0.1, 0.15) is 5.54 Å². The normalized spacial score (nSPS) is 24.7. The van der Waals surface area contributed by atoms with E-state index < -0.39 is 0 Å². The maximum Gasteiger partial charge on any atom is 0.240 e. The summed E-state index contributed by atoms with van der Waals surface area (Å²) in [5.74, 6) is 0.245. The molecule has 1 N–H and O–H groups in total. The molecule has 1 aromatic heterocycles. The maximum atomic E-state index is 13.4. The molecule has 3 aliphatic rings. The number of ether oxygens (including phenoxy) is 1. The van der Waals surface area contributed by atoms with E-state index in [2.05, 4.69) is 32.2 Å². The van der Waals surface area contributed by atoms with Gasteiger partial charge in [-0.1, -0.05) is 12.8 Å². The summed E-state index contributed by atoms with van der Waals surface area (Å²) in [6.45, 7) is 6.12. The quantitative estimate of drug-likeness (QED) is 0.828. The van der Waals surface area contributed by atoms with E-state index in [1.807, 2.05) is 12.4 Å². The predicted molar refractivity (Wildman–Crippen MR) is 104 cm³/mol. The molecule has 1 amide bonds. The fourth-order valence-electron chi connectivity index (χ4n) is 5.08. The van der Waals surface area contributed by atoms with Gasteiger partial charge in [-0.25, -0.2) is 0 Å². The number of morpholine rings is 1. The summed E-state index contributed by atoms with van der Waals surface area (Å²) in [5.41, 5.74) is 0.957. The molecule has 0 spiro atoms. The average Bonchev–Trinajstić information content (AvgIpc) is 3.42. The average molecular weight is 373 g/mol. The van der Waals surface area contributed by atoms with Gasteiger partial charge in [-0.15, -0.1) is 0 Å². The lowest BCUT2D eigenvalue weighted by molar-refractivity contribution is -0.133. The zero-order valence-corrected chi connectivity index (χ0v) is 16.2. The van der Waals surface area contributed by atoms with E-state index in [9.17, 15) is 4.79 Å². The first-order valence-corrected chi connectivity index (χ1v) is 10.5. The Bertz CT molecular complexity index is 606. The molecule has 148 valence electrons. The maximum absolute atomic E-state index is 13.4. The Balaban J connectivity index is 1.47. The second-order valence-corrected chi connectivity index (χ2v) is 8.09. The highest BCUT2D eigenvalue weighted by molar-refractivity contribution is 5.86. The van der Waals surface area contributed by atoms with Gasteiger partial charge in [0.25, 0.3) is 0 Å². The Morgan fingerprint density at radius 2 is 1.74 bits per heavy atom. The number of nitrogens with one attached hydrogen (secondary N) is 1. The van der Waals surface area contributed by atoms with E-state index in [4.69, 9.17) is 4.74 Å². The van der Waals surface area contributed by atoms with Crippen molar-refractivity contribution < 1.29 is 9.53 Å². The highest BCUT2D eigenvalue weighted by atomic mass is 16.5. The number of carbonyl (C=O) groups is 1. The molecule has 1 aromatic rings. The Hall–Kier alpha value is -1.50. The van der Waals surface area contributed by atoms with Crippen LogP contribution in [0.3, 0.4) is 0 Å². The van der Waals surface area contributed by atoms with Gasteiger partial charge in [0.2, 0.25) is 5.91 Å². The summed E-state index contributed by atoms with van der Waals surface area (Å²) in [4.78, 5) is 22.4. The zero-order chi connectivity index (χ0) is 18.5. The van der Waals surface area contributed by atoms with Gasteiger partial charge in [0.05, 0.1) is 19.3 Å². The van der Waals surface area contributed by atoms with Crippen molar-refractivity contribution in [3.8, 4) is 0 Å². The van der Waals surface area contributed by atoms with Crippen LogP contribution in [0.25, 0.3) is 0 Å². The van der Waals surface area contributed by atoms with Crippen LogP contribution in [0.15, 0.2) is 24.5 Å². The van der Waals surface area contributed by atoms with Crippen LogP contribution in [0.1, 0.15) is 50.1 Å². The minimum absolute atomic E-state index is 0.179. The van der Waals surface area contributed by atoms with Gasteiger partial charge < -0.3 is 10.1 Å². The third-order valence-electron chi connectivity index (χ3n) is 6.60. The molecule has 0 bridgehead atoms. The SMILES string of the molecule is O=C(NCC(c1ccncc1)N1CCOCC1)C1(N2CCCC2)CCCC1. The van der Waals surface area contributed by atoms with Gasteiger partial charge >= 0.3 is 0 Å². The van der Waals surface area contributed by atoms with Crippen LogP contribution in [-0.4, -0.2) is 72.2 Å². The van der Waals surface area contributed by atoms with Gasteiger partial charge in [-0.3, -0.25) is 19.6 Å². The number of likely N-dealkylation sites (tertiary alicyclic amines) is 1. The standard InChI is InChI=1S/C21H32N4O2/c26-20(21(7-1-2-8-21)25-11-3-4-12-25)23-17-19(18-5-9-22-10-6-18)24-13-15-27-16-14-24/h5-6,9-10,19H,1-4,7-8,11-17H2,(H,23,26). The van der Waals surface area contributed by atoms with Crippen molar-refractivity contribution >= 4 is 5.91 Å². The third-order valence-corrected chi connectivity index (χ3v) is 6.60. The number of nitrogens with zero attached hydrogens (tertiary/aromatic N) is 3. The van der Waals surface area contributed by atoms with E-state index in [0.29, 0.717) is 6.54 Å². The van der Waals surface area contributed by atoms with Gasteiger partial charge in [0.15, 0.2) is 0 Å². The third kappa shape index (κ3) is 4.03. The molecule has 3 fully saturated rings. The number of carbonyl (C=O) groups excluding carboxylic acids is 1. The topological polar surface area (TPSA) is 57.7 Å². The van der Waals surface area contributed by atoms with Crippen molar-refractivity contribution in [2.24, 2.45) is 0 Å². The summed E-state index contributed by atoms with van der Waals surface area (Å²) in [6, 6.07) is 4.31. The van der Waals surface area contributed by atoms with Crippen LogP contribution < -0.4 is 5.32 Å². The fraction of sp³-hybridized carbons (Fsp3) is 0.714. The van der Waals surface area contributed by atoms with Crippen molar-refractivity contribution in [1.82, 2.24) is 20.1 Å². The smallest absolute Gasteiger partial charge is 0.240 e. The second kappa shape index (κ2) is 8.67. The molecule has 1 atom stereocenters. The lowest BCUT2D eigenvalue weighted by atomic mass is 9.93. The van der Waals surface area contributed by atoms with Crippen LogP contribution in [0.5, 0.6) is 0 Å². The van der Waals surface area contributed by atoms with E-state index >= 15 is 0 Å². The van der Waals surface area contributed by atoms with Crippen LogP contribution in [0, 0.1) is 0 Å². The van der Waals surface area contributed by atoms with E-state index in [1.54, 1.807) is 0 Å². The Morgan fingerprint density at radius 3 is 2.41 bits per heavy atom. The minimum atomic E-state index is -0.260. The van der Waals surface area contributed by atoms with Crippen LogP contribution in [-0.2, 0) is 9.53 Å². The Labute approximate surface area is 162 Å². The van der Waals surface area contributed by atoms with Gasteiger partial charge in [-0.05, 0) is 56.5 Å². The summed E-state index contributed by atoms with van der Waals surface area (Å²) in [7, 11) is 0. The van der Waals surface area contributed by atoms with Crippen LogP contribution in [0.4, 0.5) is 0 Å². The summed E-state index contributed by atoms with van der Waals surface area (Å²) in [6.07, 6.45) is 10.5. The van der Waals surface area contributed by atoms with Crippen LogP contribution >= 0.6 is 0 Å².